The first-order chi connectivity index (χ1) is 20.2. The fraction of sp³-hybridized carbons (Fsp3) is 0.629. The molecule has 3 amide bonds. The van der Waals surface area contributed by atoms with Gasteiger partial charge in [0.1, 0.15) is 11.6 Å². The number of hydrogen-bond acceptors (Lipinski definition) is 5. The van der Waals surface area contributed by atoms with Gasteiger partial charge in [0.2, 0.25) is 17.7 Å². The Morgan fingerprint density at radius 3 is 2.30 bits per heavy atom. The van der Waals surface area contributed by atoms with Gasteiger partial charge < -0.3 is 24.5 Å². The molecular weight excluding hydrogens is 542 g/mol. The van der Waals surface area contributed by atoms with Gasteiger partial charge in [-0.3, -0.25) is 14.4 Å². The predicted molar refractivity (Wildman–Crippen MR) is 168 cm³/mol. The molecule has 1 aromatic rings. The van der Waals surface area contributed by atoms with Gasteiger partial charge in [-0.2, -0.15) is 0 Å². The van der Waals surface area contributed by atoms with Crippen molar-refractivity contribution in [2.75, 3.05) is 19.7 Å². The van der Waals surface area contributed by atoms with Crippen molar-refractivity contribution in [3.8, 4) is 0 Å². The Morgan fingerprint density at radius 1 is 1.14 bits per heavy atom. The summed E-state index contributed by atoms with van der Waals surface area (Å²) in [6, 6.07) is 8.21. The highest BCUT2D eigenvalue weighted by Crippen LogP contribution is 2.66. The summed E-state index contributed by atoms with van der Waals surface area (Å²) in [6.07, 6.45) is 4.39. The van der Waals surface area contributed by atoms with Crippen molar-refractivity contribution in [2.24, 2.45) is 23.7 Å². The van der Waals surface area contributed by atoms with Gasteiger partial charge >= 0.3 is 0 Å². The number of aliphatic hydroxyl groups excluding tert-OH is 1. The van der Waals surface area contributed by atoms with E-state index in [0.29, 0.717) is 32.5 Å². The number of aliphatic hydroxyl groups is 1. The van der Waals surface area contributed by atoms with Gasteiger partial charge in [0.25, 0.3) is 0 Å². The summed E-state index contributed by atoms with van der Waals surface area (Å²) in [5.41, 5.74) is -1.70. The fourth-order valence-electron chi connectivity index (χ4n) is 7.91. The van der Waals surface area contributed by atoms with Crippen LogP contribution in [0.25, 0.3) is 0 Å². The van der Waals surface area contributed by atoms with Gasteiger partial charge in [0, 0.05) is 25.2 Å². The van der Waals surface area contributed by atoms with Crippen molar-refractivity contribution in [3.05, 3.63) is 61.2 Å². The zero-order valence-electron chi connectivity index (χ0n) is 27.1. The molecule has 1 N–H and O–H groups in total. The molecular formula is C35H51N3O5. The number of amides is 3. The third-order valence-electron chi connectivity index (χ3n) is 9.86. The zero-order chi connectivity index (χ0) is 31.9. The highest BCUT2D eigenvalue weighted by atomic mass is 16.5. The van der Waals surface area contributed by atoms with Gasteiger partial charge in [-0.15, -0.1) is 13.2 Å². The van der Waals surface area contributed by atoms with E-state index in [1.54, 1.807) is 26.9 Å². The lowest BCUT2D eigenvalue weighted by atomic mass is 9.62. The number of carbonyl (C=O) groups is 3. The quantitative estimate of drug-likeness (QED) is 0.362. The van der Waals surface area contributed by atoms with E-state index in [1.807, 2.05) is 71.9 Å². The first kappa shape index (κ1) is 32.9. The van der Waals surface area contributed by atoms with Crippen LogP contribution in [-0.2, 0) is 25.7 Å². The van der Waals surface area contributed by atoms with Gasteiger partial charge in [-0.05, 0) is 57.9 Å². The number of likely N-dealkylation sites (tertiary alicyclic amines) is 1. The second kappa shape index (κ2) is 12.2. The molecule has 236 valence electrons. The molecule has 3 aliphatic heterocycles. The van der Waals surface area contributed by atoms with Crippen molar-refractivity contribution in [1.82, 2.24) is 14.7 Å². The van der Waals surface area contributed by atoms with E-state index in [2.05, 4.69) is 20.1 Å². The lowest BCUT2D eigenvalue weighted by Crippen LogP contribution is -2.62. The van der Waals surface area contributed by atoms with E-state index < -0.39 is 40.7 Å². The Bertz CT molecular complexity index is 1230. The molecule has 4 rings (SSSR count). The topological polar surface area (TPSA) is 90.4 Å². The molecule has 0 aliphatic carbocycles. The van der Waals surface area contributed by atoms with Gasteiger partial charge in [0.05, 0.1) is 30.1 Å². The number of hydrogen-bond donors (Lipinski definition) is 1. The molecule has 43 heavy (non-hydrogen) atoms. The maximum absolute atomic E-state index is 14.8. The minimum Gasteiger partial charge on any atom is -0.394 e. The van der Waals surface area contributed by atoms with Crippen molar-refractivity contribution >= 4 is 17.7 Å². The molecule has 2 bridgehead atoms. The lowest BCUT2D eigenvalue weighted by molar-refractivity contribution is -0.160. The Kier molecular flexibility index (Phi) is 9.34. The molecule has 0 radical (unpaired) electrons. The molecule has 3 saturated heterocycles. The average molecular weight is 594 g/mol. The third kappa shape index (κ3) is 5.57. The number of nitrogens with zero attached hydrogens (tertiary/aromatic N) is 3. The van der Waals surface area contributed by atoms with Gasteiger partial charge in [0.15, 0.2) is 0 Å². The molecule has 0 saturated carbocycles. The Hall–Kier alpha value is -2.97. The standard InChI is InChI=1S/C35H51N3O5/c1-10-17-36(21-25-15-13-12-14-16-25)30(40)27-28-31(41)38(26(22-39)19-23(3)4)29(32(42)37(18-11-2)33(6,7)8)35(28)20-24(5)34(27,9)43-35/h10-16,23-24,26-29,39H,1-2,17-22H2,3-9H3/t24?,26-,27+,28+,29?,34-,35?/m1/s1. The smallest absolute Gasteiger partial charge is 0.249 e. The van der Waals surface area contributed by atoms with Crippen LogP contribution in [0.15, 0.2) is 55.6 Å². The molecule has 3 unspecified atom stereocenters. The Balaban J connectivity index is 1.86. The largest absolute Gasteiger partial charge is 0.394 e. The highest BCUT2D eigenvalue weighted by molar-refractivity contribution is 5.99. The average Bonchev–Trinajstić information content (AvgIpc) is 3.45. The first-order valence-electron chi connectivity index (χ1n) is 15.7. The van der Waals surface area contributed by atoms with E-state index in [1.165, 1.54) is 0 Å². The molecule has 7 atom stereocenters. The van der Waals surface area contributed by atoms with Crippen molar-refractivity contribution in [1.29, 1.82) is 0 Å². The number of rotatable bonds is 12. The van der Waals surface area contributed by atoms with Gasteiger partial charge in [-0.1, -0.05) is 63.3 Å². The lowest BCUT2D eigenvalue weighted by Gasteiger charge is -2.43. The van der Waals surface area contributed by atoms with Crippen LogP contribution in [0, 0.1) is 23.7 Å². The second-order valence-electron chi connectivity index (χ2n) is 14.3. The third-order valence-corrected chi connectivity index (χ3v) is 9.86. The second-order valence-corrected chi connectivity index (χ2v) is 14.3. The maximum atomic E-state index is 14.8. The minimum atomic E-state index is -1.19. The van der Waals surface area contributed by atoms with E-state index in [9.17, 15) is 19.5 Å². The summed E-state index contributed by atoms with van der Waals surface area (Å²) >= 11 is 0. The van der Waals surface area contributed by atoms with Crippen LogP contribution in [-0.4, -0.2) is 86.0 Å². The summed E-state index contributed by atoms with van der Waals surface area (Å²) in [5.74, 6) is -2.22. The zero-order valence-corrected chi connectivity index (χ0v) is 27.1. The molecule has 3 aliphatic rings. The maximum Gasteiger partial charge on any atom is 0.249 e. The summed E-state index contributed by atoms with van der Waals surface area (Å²) < 4.78 is 6.98. The highest BCUT2D eigenvalue weighted by Gasteiger charge is 2.80. The minimum absolute atomic E-state index is 0.0803. The normalized spacial score (nSPS) is 30.3. The molecule has 3 heterocycles. The van der Waals surface area contributed by atoms with E-state index in [0.717, 1.165) is 5.56 Å². The van der Waals surface area contributed by atoms with Crippen LogP contribution in [0.4, 0.5) is 0 Å². The number of ether oxygens (including phenoxy) is 1. The van der Waals surface area contributed by atoms with Crippen LogP contribution in [0.1, 0.15) is 66.9 Å². The molecule has 8 nitrogen and oxygen atoms in total. The molecule has 1 spiro atoms. The SMILES string of the molecule is C=CCN(Cc1ccccc1)C(=O)[C@@H]1[C@H]2C(=O)N([C@@H](CO)CC(C)C)C(C(=O)N(CC=C)C(C)(C)C)C23CC(C)[C@@]1(C)O3. The van der Waals surface area contributed by atoms with Crippen LogP contribution >= 0.6 is 0 Å². The molecule has 8 heteroatoms. The summed E-state index contributed by atoms with van der Waals surface area (Å²) in [6.45, 7) is 22.4. The Morgan fingerprint density at radius 2 is 1.77 bits per heavy atom. The summed E-state index contributed by atoms with van der Waals surface area (Å²) in [7, 11) is 0. The summed E-state index contributed by atoms with van der Waals surface area (Å²) in [4.78, 5) is 49.2. The number of fused-ring (bicyclic) bond motifs is 1. The Labute approximate surface area is 257 Å². The molecule has 0 aromatic heterocycles. The number of benzene rings is 1. The molecule has 1 aromatic carbocycles. The van der Waals surface area contributed by atoms with Crippen LogP contribution < -0.4 is 0 Å². The predicted octanol–water partition coefficient (Wildman–Crippen LogP) is 4.43. The van der Waals surface area contributed by atoms with E-state index in [4.69, 9.17) is 4.74 Å². The first-order valence-corrected chi connectivity index (χ1v) is 15.7. The monoisotopic (exact) mass is 593 g/mol. The van der Waals surface area contributed by atoms with E-state index >= 15 is 0 Å². The van der Waals surface area contributed by atoms with Crippen LogP contribution in [0.2, 0.25) is 0 Å². The van der Waals surface area contributed by atoms with Crippen LogP contribution in [0.5, 0.6) is 0 Å². The van der Waals surface area contributed by atoms with Crippen molar-refractivity contribution in [2.45, 2.75) is 96.7 Å². The summed E-state index contributed by atoms with van der Waals surface area (Å²) in [5, 5.41) is 10.6. The fourth-order valence-corrected chi connectivity index (χ4v) is 7.91. The van der Waals surface area contributed by atoms with E-state index in [-0.39, 0.29) is 36.2 Å². The van der Waals surface area contributed by atoms with Crippen molar-refractivity contribution < 1.29 is 24.2 Å². The molecule has 3 fully saturated rings. The van der Waals surface area contributed by atoms with Crippen LogP contribution in [0.3, 0.4) is 0 Å². The van der Waals surface area contributed by atoms with Crippen molar-refractivity contribution in [3.63, 3.8) is 0 Å². The van der Waals surface area contributed by atoms with Gasteiger partial charge in [-0.25, -0.2) is 0 Å². The number of carbonyl (C=O) groups excluding carboxylic acids is 3.